The molecule has 2 aromatic rings. The molecule has 0 spiro atoms. The molecular formula is C11H12F2N4. The first-order valence-electron chi connectivity index (χ1n) is 5.13. The third kappa shape index (κ3) is 2.47. The molecule has 2 N–H and O–H groups in total. The number of rotatable bonds is 4. The van der Waals surface area contributed by atoms with Gasteiger partial charge < -0.3 is 5.73 Å². The zero-order valence-corrected chi connectivity index (χ0v) is 9.05. The van der Waals surface area contributed by atoms with Gasteiger partial charge in [-0.2, -0.15) is 13.9 Å². The number of aromatic nitrogens is 3. The summed E-state index contributed by atoms with van der Waals surface area (Å²) in [6.07, 6.45) is 1.23. The maximum Gasteiger partial charge on any atom is 0.292 e. The van der Waals surface area contributed by atoms with E-state index in [1.165, 1.54) is 18.5 Å². The highest BCUT2D eigenvalue weighted by Crippen LogP contribution is 2.29. The zero-order chi connectivity index (χ0) is 12.3. The molecule has 90 valence electrons. The Labute approximate surface area is 97.1 Å². The van der Waals surface area contributed by atoms with Gasteiger partial charge in [-0.15, -0.1) is 0 Å². The first kappa shape index (κ1) is 11.7. The molecule has 0 radical (unpaired) electrons. The van der Waals surface area contributed by atoms with E-state index in [0.29, 0.717) is 5.82 Å². The number of alkyl halides is 2. The monoisotopic (exact) mass is 238 g/mol. The Morgan fingerprint density at radius 2 is 1.94 bits per heavy atom. The van der Waals surface area contributed by atoms with Crippen LogP contribution in [0, 0.1) is 0 Å². The minimum Gasteiger partial charge on any atom is -0.324 e. The van der Waals surface area contributed by atoms with Gasteiger partial charge in [-0.3, -0.25) is 0 Å². The lowest BCUT2D eigenvalue weighted by Crippen LogP contribution is -2.24. The molecule has 0 unspecified atom stereocenters. The smallest absolute Gasteiger partial charge is 0.292 e. The van der Waals surface area contributed by atoms with Crippen LogP contribution in [0.3, 0.4) is 0 Å². The van der Waals surface area contributed by atoms with E-state index in [0.717, 1.165) is 4.68 Å². The largest absolute Gasteiger partial charge is 0.324 e. The molecule has 0 saturated carbocycles. The molecule has 0 aliphatic rings. The van der Waals surface area contributed by atoms with Crippen LogP contribution < -0.4 is 5.73 Å². The topological polar surface area (TPSA) is 56.7 Å². The van der Waals surface area contributed by atoms with Gasteiger partial charge in [0.1, 0.15) is 18.7 Å². The van der Waals surface area contributed by atoms with Gasteiger partial charge in [0.05, 0.1) is 6.54 Å². The second kappa shape index (κ2) is 4.58. The fraction of sp³-hybridized carbons (Fsp3) is 0.273. The lowest BCUT2D eigenvalue weighted by molar-refractivity contribution is -0.0262. The molecule has 17 heavy (non-hydrogen) atoms. The van der Waals surface area contributed by atoms with Crippen LogP contribution >= 0.6 is 0 Å². The van der Waals surface area contributed by atoms with Crippen molar-refractivity contribution < 1.29 is 8.78 Å². The van der Waals surface area contributed by atoms with E-state index in [9.17, 15) is 8.78 Å². The van der Waals surface area contributed by atoms with Gasteiger partial charge in [0.2, 0.25) is 0 Å². The summed E-state index contributed by atoms with van der Waals surface area (Å²) in [7, 11) is 0. The fourth-order valence-electron chi connectivity index (χ4n) is 1.54. The van der Waals surface area contributed by atoms with Crippen molar-refractivity contribution in [2.24, 2.45) is 5.73 Å². The van der Waals surface area contributed by atoms with Crippen molar-refractivity contribution in [2.75, 3.05) is 0 Å². The van der Waals surface area contributed by atoms with E-state index in [-0.39, 0.29) is 12.1 Å². The van der Waals surface area contributed by atoms with Gasteiger partial charge in [-0.25, -0.2) is 9.67 Å². The second-order valence-electron chi connectivity index (χ2n) is 3.61. The van der Waals surface area contributed by atoms with Crippen molar-refractivity contribution in [1.82, 2.24) is 14.8 Å². The molecule has 0 saturated heterocycles. The number of hydrogen-bond acceptors (Lipinski definition) is 3. The molecule has 2 rings (SSSR count). The van der Waals surface area contributed by atoms with E-state index >= 15 is 0 Å². The van der Waals surface area contributed by atoms with Crippen molar-refractivity contribution in [2.45, 2.75) is 19.0 Å². The van der Waals surface area contributed by atoms with Gasteiger partial charge in [0, 0.05) is 5.56 Å². The van der Waals surface area contributed by atoms with Gasteiger partial charge >= 0.3 is 0 Å². The molecule has 0 bridgehead atoms. The maximum atomic E-state index is 13.9. The Kier molecular flexibility index (Phi) is 3.14. The highest BCUT2D eigenvalue weighted by atomic mass is 19.3. The molecule has 6 heteroatoms. The SMILES string of the molecule is NCc1ncnn1CC(F)(F)c1ccccc1. The van der Waals surface area contributed by atoms with Gasteiger partial charge in [0.25, 0.3) is 5.92 Å². The van der Waals surface area contributed by atoms with Crippen LogP contribution in [0.5, 0.6) is 0 Å². The Hall–Kier alpha value is -1.82. The lowest BCUT2D eigenvalue weighted by atomic mass is 10.1. The van der Waals surface area contributed by atoms with Gasteiger partial charge in [-0.1, -0.05) is 30.3 Å². The Bertz CT molecular complexity index is 481. The van der Waals surface area contributed by atoms with Crippen molar-refractivity contribution in [3.05, 3.63) is 48.0 Å². The quantitative estimate of drug-likeness (QED) is 0.878. The number of benzene rings is 1. The summed E-state index contributed by atoms with van der Waals surface area (Å²) in [5, 5.41) is 3.74. The van der Waals surface area contributed by atoms with Crippen LogP contribution in [-0.2, 0) is 19.0 Å². The number of nitrogens with two attached hydrogens (primary N) is 1. The van der Waals surface area contributed by atoms with E-state index in [1.54, 1.807) is 18.2 Å². The molecular weight excluding hydrogens is 226 g/mol. The first-order valence-corrected chi connectivity index (χ1v) is 5.13. The Morgan fingerprint density at radius 1 is 1.24 bits per heavy atom. The minimum absolute atomic E-state index is 0.0431. The molecule has 0 amide bonds. The van der Waals surface area contributed by atoms with Crippen LogP contribution in [0.2, 0.25) is 0 Å². The predicted molar refractivity (Wildman–Crippen MR) is 58.2 cm³/mol. The average molecular weight is 238 g/mol. The number of halogens is 2. The molecule has 0 aliphatic heterocycles. The van der Waals surface area contributed by atoms with Crippen molar-refractivity contribution in [3.63, 3.8) is 0 Å². The third-order valence-corrected chi connectivity index (χ3v) is 2.42. The lowest BCUT2D eigenvalue weighted by Gasteiger charge is -2.17. The molecule has 0 atom stereocenters. The van der Waals surface area contributed by atoms with Crippen molar-refractivity contribution >= 4 is 0 Å². The van der Waals surface area contributed by atoms with Crippen LogP contribution in [0.1, 0.15) is 11.4 Å². The van der Waals surface area contributed by atoms with Crippen LogP contribution in [0.4, 0.5) is 8.78 Å². The molecule has 1 aromatic carbocycles. The van der Waals surface area contributed by atoms with E-state index in [4.69, 9.17) is 5.73 Å². The first-order chi connectivity index (χ1) is 8.13. The second-order valence-corrected chi connectivity index (χ2v) is 3.61. The summed E-state index contributed by atoms with van der Waals surface area (Å²) in [6, 6.07) is 7.63. The third-order valence-electron chi connectivity index (χ3n) is 2.42. The highest BCUT2D eigenvalue weighted by Gasteiger charge is 2.32. The summed E-state index contributed by atoms with van der Waals surface area (Å²) in [5.41, 5.74) is 5.34. The average Bonchev–Trinajstić information content (AvgIpc) is 2.77. The van der Waals surface area contributed by atoms with Crippen LogP contribution in [0.25, 0.3) is 0 Å². The van der Waals surface area contributed by atoms with E-state index < -0.39 is 12.5 Å². The molecule has 0 fully saturated rings. The highest BCUT2D eigenvalue weighted by molar-refractivity contribution is 5.19. The van der Waals surface area contributed by atoms with E-state index in [2.05, 4.69) is 10.1 Å². The normalized spacial score (nSPS) is 11.7. The number of nitrogens with zero attached hydrogens (tertiary/aromatic N) is 3. The summed E-state index contributed by atoms with van der Waals surface area (Å²) in [6.45, 7) is -0.464. The van der Waals surface area contributed by atoms with Gasteiger partial charge in [0.15, 0.2) is 0 Å². The summed E-state index contributed by atoms with van der Waals surface area (Å²) >= 11 is 0. The summed E-state index contributed by atoms with van der Waals surface area (Å²) < 4.78 is 28.9. The van der Waals surface area contributed by atoms with E-state index in [1.807, 2.05) is 0 Å². The van der Waals surface area contributed by atoms with Gasteiger partial charge in [-0.05, 0) is 0 Å². The number of hydrogen-bond donors (Lipinski definition) is 1. The molecule has 0 aliphatic carbocycles. The Morgan fingerprint density at radius 3 is 2.59 bits per heavy atom. The van der Waals surface area contributed by atoms with Crippen LogP contribution in [-0.4, -0.2) is 14.8 Å². The standard InChI is InChI=1S/C11H12F2N4/c12-11(13,9-4-2-1-3-5-9)7-17-10(6-14)15-8-16-17/h1-5,8H,6-7,14H2. The maximum absolute atomic E-state index is 13.9. The van der Waals surface area contributed by atoms with Crippen molar-refractivity contribution in [1.29, 1.82) is 0 Å². The fourth-order valence-corrected chi connectivity index (χ4v) is 1.54. The molecule has 4 nitrogen and oxygen atoms in total. The minimum atomic E-state index is -2.99. The predicted octanol–water partition coefficient (Wildman–Crippen LogP) is 1.53. The zero-order valence-electron chi connectivity index (χ0n) is 9.05. The van der Waals surface area contributed by atoms with Crippen LogP contribution in [0.15, 0.2) is 36.7 Å². The molecule has 1 aromatic heterocycles. The molecule has 1 heterocycles. The Balaban J connectivity index is 2.23. The summed E-state index contributed by atoms with van der Waals surface area (Å²) in [5.74, 6) is -2.64. The van der Waals surface area contributed by atoms with Crippen molar-refractivity contribution in [3.8, 4) is 0 Å². The summed E-state index contributed by atoms with van der Waals surface area (Å²) in [4.78, 5) is 3.81.